The standard InChI is InChI=1S/C19H14ClN3O/c1-12-6-7-15(9-17(12)20)23-19(24)13(10-21)8-14-11-22-18-5-3-2-4-16(14)18/h2-9,11,22H,1H3,(H,23,24)/b13-8+. The number of amides is 1. The zero-order valence-electron chi connectivity index (χ0n) is 12.9. The second-order valence-corrected chi connectivity index (χ2v) is 5.78. The van der Waals surface area contributed by atoms with E-state index in [9.17, 15) is 10.1 Å². The molecule has 5 heteroatoms. The van der Waals surface area contributed by atoms with Crippen molar-refractivity contribution in [1.29, 1.82) is 5.26 Å². The number of H-pyrrole nitrogens is 1. The van der Waals surface area contributed by atoms with Crippen molar-refractivity contribution < 1.29 is 4.79 Å². The Morgan fingerprint density at radius 3 is 2.83 bits per heavy atom. The summed E-state index contributed by atoms with van der Waals surface area (Å²) in [4.78, 5) is 15.5. The molecule has 1 heterocycles. The van der Waals surface area contributed by atoms with Crippen molar-refractivity contribution in [3.63, 3.8) is 0 Å². The molecular weight excluding hydrogens is 322 g/mol. The molecule has 24 heavy (non-hydrogen) atoms. The van der Waals surface area contributed by atoms with Crippen LogP contribution in [0.2, 0.25) is 5.02 Å². The molecule has 3 rings (SSSR count). The van der Waals surface area contributed by atoms with Gasteiger partial charge < -0.3 is 10.3 Å². The zero-order valence-corrected chi connectivity index (χ0v) is 13.7. The Kier molecular flexibility index (Phi) is 4.37. The van der Waals surface area contributed by atoms with Crippen LogP contribution in [0, 0.1) is 18.3 Å². The molecule has 0 aliphatic heterocycles. The van der Waals surface area contributed by atoms with E-state index in [4.69, 9.17) is 11.6 Å². The SMILES string of the molecule is Cc1ccc(NC(=O)/C(C#N)=C/c2c[nH]c3ccccc23)cc1Cl. The molecule has 118 valence electrons. The van der Waals surface area contributed by atoms with E-state index in [1.54, 1.807) is 24.4 Å². The lowest BCUT2D eigenvalue weighted by Gasteiger charge is -2.06. The number of carbonyl (C=O) groups excluding carboxylic acids is 1. The van der Waals surface area contributed by atoms with Gasteiger partial charge in [-0.05, 0) is 36.8 Å². The number of hydrogen-bond acceptors (Lipinski definition) is 2. The van der Waals surface area contributed by atoms with Crippen LogP contribution in [0.5, 0.6) is 0 Å². The van der Waals surface area contributed by atoms with E-state index >= 15 is 0 Å². The second kappa shape index (κ2) is 6.61. The number of fused-ring (bicyclic) bond motifs is 1. The van der Waals surface area contributed by atoms with E-state index in [0.29, 0.717) is 10.7 Å². The molecule has 0 bridgehead atoms. The lowest BCUT2D eigenvalue weighted by molar-refractivity contribution is -0.112. The van der Waals surface area contributed by atoms with Crippen LogP contribution >= 0.6 is 11.6 Å². The number of rotatable bonds is 3. The Morgan fingerprint density at radius 1 is 1.29 bits per heavy atom. The number of benzene rings is 2. The number of hydrogen-bond donors (Lipinski definition) is 2. The summed E-state index contributed by atoms with van der Waals surface area (Å²) in [6.45, 7) is 1.88. The maximum absolute atomic E-state index is 12.3. The maximum atomic E-state index is 12.3. The third-order valence-corrected chi connectivity index (χ3v) is 4.12. The summed E-state index contributed by atoms with van der Waals surface area (Å²) in [6.07, 6.45) is 3.35. The number of aromatic amines is 1. The highest BCUT2D eigenvalue weighted by molar-refractivity contribution is 6.31. The van der Waals surface area contributed by atoms with Crippen molar-refractivity contribution in [2.45, 2.75) is 6.92 Å². The number of aromatic nitrogens is 1. The summed E-state index contributed by atoms with van der Waals surface area (Å²) in [5.41, 5.74) is 3.24. The van der Waals surface area contributed by atoms with Gasteiger partial charge in [0.05, 0.1) is 0 Å². The van der Waals surface area contributed by atoms with Gasteiger partial charge in [-0.25, -0.2) is 0 Å². The van der Waals surface area contributed by atoms with Gasteiger partial charge in [-0.3, -0.25) is 4.79 Å². The number of anilines is 1. The van der Waals surface area contributed by atoms with Gasteiger partial charge in [-0.2, -0.15) is 5.26 Å². The monoisotopic (exact) mass is 335 g/mol. The van der Waals surface area contributed by atoms with Crippen LogP contribution in [0.3, 0.4) is 0 Å². The molecule has 0 unspecified atom stereocenters. The highest BCUT2D eigenvalue weighted by Gasteiger charge is 2.11. The summed E-state index contributed by atoms with van der Waals surface area (Å²) in [5, 5.41) is 13.5. The first-order chi connectivity index (χ1) is 11.6. The number of halogens is 1. The van der Waals surface area contributed by atoms with Crippen LogP contribution in [-0.4, -0.2) is 10.9 Å². The number of para-hydroxylation sites is 1. The summed E-state index contributed by atoms with van der Waals surface area (Å²) < 4.78 is 0. The second-order valence-electron chi connectivity index (χ2n) is 5.38. The van der Waals surface area contributed by atoms with Gasteiger partial charge in [0.25, 0.3) is 5.91 Å². The van der Waals surface area contributed by atoms with Crippen LogP contribution in [-0.2, 0) is 4.79 Å². The van der Waals surface area contributed by atoms with Gasteiger partial charge in [0.15, 0.2) is 0 Å². The lowest BCUT2D eigenvalue weighted by Crippen LogP contribution is -2.13. The Labute approximate surface area is 144 Å². The predicted molar refractivity (Wildman–Crippen MR) is 96.7 cm³/mol. The van der Waals surface area contributed by atoms with Crippen molar-refractivity contribution in [3.8, 4) is 6.07 Å². The molecule has 3 aromatic rings. The summed E-state index contributed by atoms with van der Waals surface area (Å²) in [7, 11) is 0. The molecule has 0 saturated carbocycles. The maximum Gasteiger partial charge on any atom is 0.266 e. The van der Waals surface area contributed by atoms with E-state index in [-0.39, 0.29) is 5.57 Å². The van der Waals surface area contributed by atoms with E-state index in [2.05, 4.69) is 10.3 Å². The van der Waals surface area contributed by atoms with Crippen LogP contribution in [0.15, 0.2) is 54.2 Å². The van der Waals surface area contributed by atoms with Gasteiger partial charge >= 0.3 is 0 Å². The summed E-state index contributed by atoms with van der Waals surface area (Å²) >= 11 is 6.06. The van der Waals surface area contributed by atoms with Gasteiger partial charge in [0.2, 0.25) is 0 Å². The fraction of sp³-hybridized carbons (Fsp3) is 0.0526. The predicted octanol–water partition coefficient (Wildman–Crippen LogP) is 4.68. The first kappa shape index (κ1) is 15.9. The highest BCUT2D eigenvalue weighted by atomic mass is 35.5. The fourth-order valence-corrected chi connectivity index (χ4v) is 2.57. The van der Waals surface area contributed by atoms with Crippen LogP contribution in [0.25, 0.3) is 17.0 Å². The Bertz CT molecular complexity index is 995. The molecule has 2 N–H and O–H groups in total. The molecule has 0 saturated heterocycles. The van der Waals surface area contributed by atoms with Crippen LogP contribution in [0.4, 0.5) is 5.69 Å². The van der Waals surface area contributed by atoms with Crippen molar-refractivity contribution in [1.82, 2.24) is 4.98 Å². The van der Waals surface area contributed by atoms with E-state index in [1.165, 1.54) is 0 Å². The van der Waals surface area contributed by atoms with Crippen LogP contribution < -0.4 is 5.32 Å². The molecule has 0 aliphatic carbocycles. The molecule has 1 aromatic heterocycles. The topological polar surface area (TPSA) is 68.7 Å². The molecule has 0 atom stereocenters. The van der Waals surface area contributed by atoms with E-state index in [1.807, 2.05) is 43.3 Å². The first-order valence-corrected chi connectivity index (χ1v) is 7.71. The minimum atomic E-state index is -0.470. The van der Waals surface area contributed by atoms with Gasteiger partial charge in [-0.15, -0.1) is 0 Å². The molecule has 2 aromatic carbocycles. The minimum Gasteiger partial charge on any atom is -0.361 e. The van der Waals surface area contributed by atoms with E-state index in [0.717, 1.165) is 22.0 Å². The molecular formula is C19H14ClN3O. The third kappa shape index (κ3) is 3.17. The van der Waals surface area contributed by atoms with Gasteiger partial charge in [-0.1, -0.05) is 35.9 Å². The van der Waals surface area contributed by atoms with Crippen molar-refractivity contribution in [2.75, 3.05) is 5.32 Å². The van der Waals surface area contributed by atoms with Crippen molar-refractivity contribution in [3.05, 3.63) is 70.4 Å². The molecule has 4 nitrogen and oxygen atoms in total. The smallest absolute Gasteiger partial charge is 0.266 e. The van der Waals surface area contributed by atoms with Crippen molar-refractivity contribution >= 4 is 40.2 Å². The highest BCUT2D eigenvalue weighted by Crippen LogP contribution is 2.22. The molecule has 0 aliphatic rings. The quantitative estimate of drug-likeness (QED) is 0.539. The van der Waals surface area contributed by atoms with Crippen LogP contribution in [0.1, 0.15) is 11.1 Å². The van der Waals surface area contributed by atoms with Crippen molar-refractivity contribution in [2.24, 2.45) is 0 Å². The molecule has 0 fully saturated rings. The summed E-state index contributed by atoms with van der Waals surface area (Å²) in [5.74, 6) is -0.470. The Hall–Kier alpha value is -3.03. The number of carbonyl (C=O) groups is 1. The average Bonchev–Trinajstić information content (AvgIpc) is 2.99. The number of aryl methyl sites for hydroxylation is 1. The summed E-state index contributed by atoms with van der Waals surface area (Å²) in [6, 6.07) is 14.9. The lowest BCUT2D eigenvalue weighted by atomic mass is 10.1. The minimum absolute atomic E-state index is 0.0245. The largest absolute Gasteiger partial charge is 0.361 e. The molecule has 1 amide bonds. The Balaban J connectivity index is 1.89. The van der Waals surface area contributed by atoms with E-state index < -0.39 is 5.91 Å². The third-order valence-electron chi connectivity index (χ3n) is 3.72. The number of nitrogens with one attached hydrogen (secondary N) is 2. The number of nitriles is 1. The normalized spacial score (nSPS) is 11.3. The zero-order chi connectivity index (χ0) is 17.1. The molecule has 0 spiro atoms. The van der Waals surface area contributed by atoms with Gasteiger partial charge in [0.1, 0.15) is 11.6 Å². The Morgan fingerprint density at radius 2 is 2.08 bits per heavy atom. The van der Waals surface area contributed by atoms with Gasteiger partial charge in [0, 0.05) is 33.4 Å². The first-order valence-electron chi connectivity index (χ1n) is 7.34. The average molecular weight is 336 g/mol. The molecule has 0 radical (unpaired) electrons. The fourth-order valence-electron chi connectivity index (χ4n) is 2.39. The number of nitrogens with zero attached hydrogens (tertiary/aromatic N) is 1.